The van der Waals surface area contributed by atoms with E-state index in [9.17, 15) is 0 Å². The van der Waals surface area contributed by atoms with Gasteiger partial charge >= 0.3 is 0 Å². The van der Waals surface area contributed by atoms with E-state index < -0.39 is 5.41 Å². The van der Waals surface area contributed by atoms with Crippen LogP contribution in [0.1, 0.15) is 22.3 Å². The lowest BCUT2D eigenvalue weighted by Crippen LogP contribution is -2.34. The molecule has 0 bridgehead atoms. The fourth-order valence-corrected chi connectivity index (χ4v) is 8.90. The molecule has 3 heterocycles. The molecule has 0 aliphatic carbocycles. The van der Waals surface area contributed by atoms with Gasteiger partial charge in [-0.05, 0) is 46.5 Å². The van der Waals surface area contributed by atoms with Crippen molar-refractivity contribution in [3.05, 3.63) is 204 Å². The van der Waals surface area contributed by atoms with Crippen LogP contribution in [-0.4, -0.2) is 9.97 Å². The zero-order valence-corrected chi connectivity index (χ0v) is 28.3. The Balaban J connectivity index is 1.21. The summed E-state index contributed by atoms with van der Waals surface area (Å²) in [5.74, 6) is 2.31. The van der Waals surface area contributed by atoms with Crippen molar-refractivity contribution in [2.24, 2.45) is 0 Å². The van der Waals surface area contributed by atoms with E-state index in [0.717, 1.165) is 60.6 Å². The average Bonchev–Trinajstić information content (AvgIpc) is 3.59. The molecule has 1 aliphatic rings. The Morgan fingerprint density at radius 1 is 0.451 bits per heavy atom. The van der Waals surface area contributed by atoms with E-state index >= 15 is 0 Å². The van der Waals surface area contributed by atoms with Crippen molar-refractivity contribution < 1.29 is 4.74 Å². The molecule has 0 fully saturated rings. The standard InChI is InChI=1S/C47H30N2OS/c1-4-15-31(16-5-1)32-17-14-18-33(29-32)43-45-44(37-23-10-13-26-42(37)51-45)49-46(48-43)34-27-28-39-41(30-34)50-40-25-12-11-24-38(40)47(39,35-19-6-2-7-20-35)36-21-8-3-9-22-36/h1-30H. The Kier molecular flexibility index (Phi) is 6.90. The predicted molar refractivity (Wildman–Crippen MR) is 210 cm³/mol. The van der Waals surface area contributed by atoms with Gasteiger partial charge in [-0.2, -0.15) is 0 Å². The lowest BCUT2D eigenvalue weighted by molar-refractivity contribution is 0.434. The molecule has 0 radical (unpaired) electrons. The number of para-hydroxylation sites is 1. The third-order valence-electron chi connectivity index (χ3n) is 10.0. The van der Waals surface area contributed by atoms with Gasteiger partial charge in [-0.15, -0.1) is 11.3 Å². The summed E-state index contributed by atoms with van der Waals surface area (Å²) in [6, 6.07) is 64.1. The van der Waals surface area contributed by atoms with Crippen LogP contribution in [0.25, 0.3) is 54.1 Å². The van der Waals surface area contributed by atoms with Gasteiger partial charge in [0.2, 0.25) is 0 Å². The Labute approximate surface area is 300 Å². The first-order valence-corrected chi connectivity index (χ1v) is 18.0. The van der Waals surface area contributed by atoms with E-state index in [1.165, 1.54) is 21.4 Å². The van der Waals surface area contributed by atoms with Crippen LogP contribution in [0.3, 0.4) is 0 Å². The number of thiophene rings is 1. The van der Waals surface area contributed by atoms with Gasteiger partial charge in [0.05, 0.1) is 21.3 Å². The Morgan fingerprint density at radius 3 is 1.86 bits per heavy atom. The maximum absolute atomic E-state index is 6.81. The maximum Gasteiger partial charge on any atom is 0.160 e. The summed E-state index contributed by atoms with van der Waals surface area (Å²) in [6.07, 6.45) is 0. The van der Waals surface area contributed by atoms with Gasteiger partial charge in [-0.3, -0.25) is 0 Å². The zero-order valence-electron chi connectivity index (χ0n) is 27.5. The van der Waals surface area contributed by atoms with Crippen molar-refractivity contribution in [2.45, 2.75) is 5.41 Å². The largest absolute Gasteiger partial charge is 0.457 e. The SMILES string of the molecule is c1ccc(-c2cccc(-c3nc(-c4ccc5c(c4)Oc4ccccc4C5(c4ccccc4)c4ccccc4)nc4c3sc3ccccc34)c2)cc1. The highest BCUT2D eigenvalue weighted by atomic mass is 32.1. The lowest BCUT2D eigenvalue weighted by Gasteiger charge is -2.41. The van der Waals surface area contributed by atoms with E-state index in [-0.39, 0.29) is 0 Å². The van der Waals surface area contributed by atoms with E-state index in [0.29, 0.717) is 5.82 Å². The first-order chi connectivity index (χ1) is 25.3. The van der Waals surface area contributed by atoms with Crippen LogP contribution in [0.2, 0.25) is 0 Å². The third-order valence-corrected chi connectivity index (χ3v) is 11.2. The molecule has 10 rings (SSSR count). The summed E-state index contributed by atoms with van der Waals surface area (Å²) < 4.78 is 9.09. The van der Waals surface area contributed by atoms with Crippen molar-refractivity contribution in [3.8, 4) is 45.3 Å². The van der Waals surface area contributed by atoms with Crippen LogP contribution in [0.4, 0.5) is 0 Å². The van der Waals surface area contributed by atoms with Crippen molar-refractivity contribution in [1.29, 1.82) is 0 Å². The molecule has 2 aromatic heterocycles. The summed E-state index contributed by atoms with van der Waals surface area (Å²) >= 11 is 1.75. The summed E-state index contributed by atoms with van der Waals surface area (Å²) in [7, 11) is 0. The topological polar surface area (TPSA) is 35.0 Å². The normalized spacial score (nSPS) is 13.0. The molecule has 7 aromatic carbocycles. The molecule has 240 valence electrons. The van der Waals surface area contributed by atoms with E-state index in [2.05, 4.69) is 176 Å². The van der Waals surface area contributed by atoms with Gasteiger partial charge in [-0.1, -0.05) is 158 Å². The van der Waals surface area contributed by atoms with Crippen LogP contribution < -0.4 is 4.74 Å². The van der Waals surface area contributed by atoms with Gasteiger partial charge in [0.15, 0.2) is 5.82 Å². The maximum atomic E-state index is 6.81. The molecule has 1 aliphatic heterocycles. The first-order valence-electron chi connectivity index (χ1n) is 17.2. The van der Waals surface area contributed by atoms with Crippen LogP contribution in [-0.2, 0) is 5.41 Å². The van der Waals surface area contributed by atoms with Gasteiger partial charge in [-0.25, -0.2) is 9.97 Å². The van der Waals surface area contributed by atoms with Gasteiger partial charge < -0.3 is 4.74 Å². The third kappa shape index (κ3) is 4.72. The molecule has 9 aromatic rings. The van der Waals surface area contributed by atoms with Crippen molar-refractivity contribution >= 4 is 31.6 Å². The number of hydrogen-bond donors (Lipinski definition) is 0. The van der Waals surface area contributed by atoms with Crippen molar-refractivity contribution in [3.63, 3.8) is 0 Å². The molecule has 4 heteroatoms. The fourth-order valence-electron chi connectivity index (χ4n) is 7.74. The van der Waals surface area contributed by atoms with Crippen LogP contribution >= 0.6 is 11.3 Å². The number of ether oxygens (including phenoxy) is 1. The minimum absolute atomic E-state index is 0.581. The van der Waals surface area contributed by atoms with Crippen molar-refractivity contribution in [1.82, 2.24) is 9.97 Å². The molecule has 51 heavy (non-hydrogen) atoms. The summed E-state index contributed by atoms with van der Waals surface area (Å²) in [6.45, 7) is 0. The molecule has 3 nitrogen and oxygen atoms in total. The minimum atomic E-state index is -0.581. The molecule has 0 N–H and O–H groups in total. The van der Waals surface area contributed by atoms with Crippen molar-refractivity contribution in [2.75, 3.05) is 0 Å². The van der Waals surface area contributed by atoms with Crippen LogP contribution in [0, 0.1) is 0 Å². The second-order valence-corrected chi connectivity index (χ2v) is 14.0. The highest BCUT2D eigenvalue weighted by molar-refractivity contribution is 7.26. The number of nitrogens with zero attached hydrogens (tertiary/aromatic N) is 2. The predicted octanol–water partition coefficient (Wildman–Crippen LogP) is 12.3. The Morgan fingerprint density at radius 2 is 1.08 bits per heavy atom. The fraction of sp³-hybridized carbons (Fsp3) is 0.0213. The molecule has 0 saturated carbocycles. The highest BCUT2D eigenvalue weighted by Crippen LogP contribution is 2.55. The van der Waals surface area contributed by atoms with E-state index in [1.807, 2.05) is 6.07 Å². The van der Waals surface area contributed by atoms with Gasteiger partial charge in [0.1, 0.15) is 11.5 Å². The Bertz CT molecular complexity index is 2680. The minimum Gasteiger partial charge on any atom is -0.457 e. The number of fused-ring (bicyclic) bond motifs is 5. The number of aromatic nitrogens is 2. The van der Waals surface area contributed by atoms with Gasteiger partial charge in [0.25, 0.3) is 0 Å². The molecule has 0 saturated heterocycles. The second-order valence-electron chi connectivity index (χ2n) is 12.9. The number of hydrogen-bond acceptors (Lipinski definition) is 4. The quantitative estimate of drug-likeness (QED) is 0.183. The van der Waals surface area contributed by atoms with E-state index in [4.69, 9.17) is 14.7 Å². The van der Waals surface area contributed by atoms with E-state index in [1.54, 1.807) is 11.3 Å². The smallest absolute Gasteiger partial charge is 0.160 e. The molecule has 0 unspecified atom stereocenters. The first kappa shape index (κ1) is 29.5. The number of benzene rings is 7. The summed E-state index contributed by atoms with van der Waals surface area (Å²) in [4.78, 5) is 10.7. The summed E-state index contributed by atoms with van der Waals surface area (Å²) in [5.41, 5.74) is 10.2. The zero-order chi connectivity index (χ0) is 33.8. The highest BCUT2D eigenvalue weighted by Gasteiger charge is 2.45. The number of rotatable bonds is 5. The van der Waals surface area contributed by atoms with Crippen LogP contribution in [0.15, 0.2) is 182 Å². The average molecular weight is 671 g/mol. The Hall–Kier alpha value is -6.36. The molecule has 0 atom stereocenters. The molecule has 0 amide bonds. The molecular formula is C47H30N2OS. The molecular weight excluding hydrogens is 641 g/mol. The molecule has 0 spiro atoms. The monoisotopic (exact) mass is 670 g/mol. The lowest BCUT2D eigenvalue weighted by atomic mass is 9.63. The second kappa shape index (κ2) is 11.9. The van der Waals surface area contributed by atoms with Crippen LogP contribution in [0.5, 0.6) is 11.5 Å². The summed E-state index contributed by atoms with van der Waals surface area (Å²) in [5, 5.41) is 1.14. The van der Waals surface area contributed by atoms with Gasteiger partial charge in [0, 0.05) is 32.3 Å².